The molecule has 0 saturated carbocycles. The highest BCUT2D eigenvalue weighted by molar-refractivity contribution is 5.45. The molecule has 1 heterocycles. The predicted molar refractivity (Wildman–Crippen MR) is 79.8 cm³/mol. The number of anilines is 1. The van der Waals surface area contributed by atoms with E-state index in [1.54, 1.807) is 7.11 Å². The highest BCUT2D eigenvalue weighted by atomic mass is 16.5. The number of hydrazine groups is 1. The maximum absolute atomic E-state index is 5.54. The van der Waals surface area contributed by atoms with E-state index in [0.717, 1.165) is 34.8 Å². The van der Waals surface area contributed by atoms with Gasteiger partial charge in [-0.15, -0.1) is 0 Å². The molecular weight excluding hydrogens is 252 g/mol. The van der Waals surface area contributed by atoms with Gasteiger partial charge in [-0.3, -0.25) is 0 Å². The van der Waals surface area contributed by atoms with Crippen LogP contribution in [0.3, 0.4) is 0 Å². The summed E-state index contributed by atoms with van der Waals surface area (Å²) in [6.45, 7) is 4.05. The number of aromatic nitrogens is 2. The zero-order valence-corrected chi connectivity index (χ0v) is 12.1. The first-order valence-electron chi connectivity index (χ1n) is 6.63. The average Bonchev–Trinajstić information content (AvgIpc) is 2.46. The highest BCUT2D eigenvalue weighted by Crippen LogP contribution is 2.19. The van der Waals surface area contributed by atoms with Gasteiger partial charge in [0.2, 0.25) is 0 Å². The Balaban J connectivity index is 2.31. The van der Waals surface area contributed by atoms with Gasteiger partial charge in [0.25, 0.3) is 0 Å². The standard InChI is InChI=1S/C15H20N4O/c1-4-13-10(2)17-14(18-15(13)19-16)9-11-6-5-7-12(8-11)20-3/h5-8H,4,9,16H2,1-3H3,(H,17,18,19). The van der Waals surface area contributed by atoms with E-state index in [0.29, 0.717) is 12.2 Å². The summed E-state index contributed by atoms with van der Waals surface area (Å²) in [5, 5.41) is 0. The molecule has 1 aromatic heterocycles. The normalized spacial score (nSPS) is 10.4. The van der Waals surface area contributed by atoms with Gasteiger partial charge in [0.1, 0.15) is 17.4 Å². The van der Waals surface area contributed by atoms with E-state index in [4.69, 9.17) is 10.6 Å². The van der Waals surface area contributed by atoms with Crippen LogP contribution in [0, 0.1) is 6.92 Å². The molecule has 0 aliphatic rings. The molecule has 0 unspecified atom stereocenters. The fourth-order valence-electron chi connectivity index (χ4n) is 2.24. The number of benzene rings is 1. The Morgan fingerprint density at radius 1 is 1.30 bits per heavy atom. The third-order valence-corrected chi connectivity index (χ3v) is 3.25. The minimum atomic E-state index is 0.650. The number of rotatable bonds is 5. The van der Waals surface area contributed by atoms with Crippen LogP contribution in [-0.2, 0) is 12.8 Å². The van der Waals surface area contributed by atoms with Crippen LogP contribution in [0.15, 0.2) is 24.3 Å². The number of nitrogens with zero attached hydrogens (tertiary/aromatic N) is 2. The number of hydrogen-bond acceptors (Lipinski definition) is 5. The summed E-state index contributed by atoms with van der Waals surface area (Å²) < 4.78 is 5.22. The Labute approximate surface area is 119 Å². The number of ether oxygens (including phenoxy) is 1. The lowest BCUT2D eigenvalue weighted by atomic mass is 10.1. The van der Waals surface area contributed by atoms with Crippen LogP contribution < -0.4 is 16.0 Å². The second-order valence-corrected chi connectivity index (χ2v) is 4.58. The average molecular weight is 272 g/mol. The van der Waals surface area contributed by atoms with Gasteiger partial charge in [-0.25, -0.2) is 15.8 Å². The molecule has 0 fully saturated rings. The van der Waals surface area contributed by atoms with Crippen molar-refractivity contribution in [1.29, 1.82) is 0 Å². The molecule has 1 aromatic carbocycles. The maximum Gasteiger partial charge on any atom is 0.147 e. The largest absolute Gasteiger partial charge is 0.497 e. The van der Waals surface area contributed by atoms with Crippen molar-refractivity contribution in [3.05, 3.63) is 46.9 Å². The van der Waals surface area contributed by atoms with Crippen LogP contribution in [0.2, 0.25) is 0 Å². The summed E-state index contributed by atoms with van der Waals surface area (Å²) in [5.74, 6) is 7.83. The van der Waals surface area contributed by atoms with Gasteiger partial charge >= 0.3 is 0 Å². The van der Waals surface area contributed by atoms with Gasteiger partial charge in [0.05, 0.1) is 7.11 Å². The molecule has 20 heavy (non-hydrogen) atoms. The molecule has 0 aliphatic carbocycles. The van der Waals surface area contributed by atoms with Gasteiger partial charge in [0, 0.05) is 17.7 Å². The molecule has 0 atom stereocenters. The second-order valence-electron chi connectivity index (χ2n) is 4.58. The first-order valence-corrected chi connectivity index (χ1v) is 6.63. The lowest BCUT2D eigenvalue weighted by Gasteiger charge is -2.11. The van der Waals surface area contributed by atoms with Gasteiger partial charge in [-0.1, -0.05) is 19.1 Å². The number of aryl methyl sites for hydroxylation is 1. The van der Waals surface area contributed by atoms with Crippen molar-refractivity contribution in [2.75, 3.05) is 12.5 Å². The zero-order valence-electron chi connectivity index (χ0n) is 12.1. The van der Waals surface area contributed by atoms with Crippen molar-refractivity contribution in [2.45, 2.75) is 26.7 Å². The summed E-state index contributed by atoms with van der Waals surface area (Å²) >= 11 is 0. The van der Waals surface area contributed by atoms with E-state index in [1.807, 2.05) is 31.2 Å². The molecule has 0 saturated heterocycles. The van der Waals surface area contributed by atoms with Gasteiger partial charge < -0.3 is 10.2 Å². The first-order chi connectivity index (χ1) is 9.67. The Morgan fingerprint density at radius 2 is 2.10 bits per heavy atom. The number of hydrogen-bond donors (Lipinski definition) is 2. The lowest BCUT2D eigenvalue weighted by Crippen LogP contribution is -2.14. The molecular formula is C15H20N4O. The minimum absolute atomic E-state index is 0.650. The Hall–Kier alpha value is -2.14. The monoisotopic (exact) mass is 272 g/mol. The molecule has 0 spiro atoms. The molecule has 5 heteroatoms. The summed E-state index contributed by atoms with van der Waals surface area (Å²) in [6, 6.07) is 7.90. The number of nitrogens with one attached hydrogen (secondary N) is 1. The van der Waals surface area contributed by atoms with E-state index in [2.05, 4.69) is 22.3 Å². The number of methoxy groups -OCH3 is 1. The Morgan fingerprint density at radius 3 is 2.75 bits per heavy atom. The van der Waals surface area contributed by atoms with Crippen LogP contribution in [0.4, 0.5) is 5.82 Å². The Kier molecular flexibility index (Phi) is 4.53. The van der Waals surface area contributed by atoms with Crippen molar-refractivity contribution in [3.8, 4) is 5.75 Å². The van der Waals surface area contributed by atoms with Crippen LogP contribution in [0.25, 0.3) is 0 Å². The SMILES string of the molecule is CCc1c(C)nc(Cc2cccc(OC)c2)nc1NN. The molecule has 3 N–H and O–H groups in total. The van der Waals surface area contributed by atoms with E-state index >= 15 is 0 Å². The Bertz CT molecular complexity index is 598. The zero-order chi connectivity index (χ0) is 14.5. The minimum Gasteiger partial charge on any atom is -0.497 e. The number of nitrogen functional groups attached to an aromatic ring is 1. The van der Waals surface area contributed by atoms with Crippen LogP contribution >= 0.6 is 0 Å². The van der Waals surface area contributed by atoms with Gasteiger partial charge in [0.15, 0.2) is 0 Å². The summed E-state index contributed by atoms with van der Waals surface area (Å²) in [6.07, 6.45) is 1.50. The summed E-state index contributed by atoms with van der Waals surface area (Å²) in [7, 11) is 1.66. The molecule has 0 radical (unpaired) electrons. The molecule has 0 bridgehead atoms. The molecule has 2 rings (SSSR count). The number of nitrogens with two attached hydrogens (primary N) is 1. The van der Waals surface area contributed by atoms with E-state index in [9.17, 15) is 0 Å². The quantitative estimate of drug-likeness (QED) is 0.645. The van der Waals surface area contributed by atoms with E-state index in [-0.39, 0.29) is 0 Å². The molecule has 2 aromatic rings. The fourth-order valence-corrected chi connectivity index (χ4v) is 2.24. The van der Waals surface area contributed by atoms with Gasteiger partial charge in [-0.05, 0) is 31.0 Å². The molecule has 0 amide bonds. The van der Waals surface area contributed by atoms with Crippen molar-refractivity contribution in [1.82, 2.24) is 9.97 Å². The highest BCUT2D eigenvalue weighted by Gasteiger charge is 2.10. The van der Waals surface area contributed by atoms with Crippen molar-refractivity contribution >= 4 is 5.82 Å². The van der Waals surface area contributed by atoms with Crippen LogP contribution in [-0.4, -0.2) is 17.1 Å². The van der Waals surface area contributed by atoms with Crippen molar-refractivity contribution < 1.29 is 4.74 Å². The third kappa shape index (κ3) is 3.05. The third-order valence-electron chi connectivity index (χ3n) is 3.25. The fraction of sp³-hybridized carbons (Fsp3) is 0.333. The maximum atomic E-state index is 5.54. The van der Waals surface area contributed by atoms with E-state index < -0.39 is 0 Å². The first kappa shape index (κ1) is 14.3. The topological polar surface area (TPSA) is 73.1 Å². The smallest absolute Gasteiger partial charge is 0.147 e. The lowest BCUT2D eigenvalue weighted by molar-refractivity contribution is 0.414. The second kappa shape index (κ2) is 6.34. The molecule has 0 aliphatic heterocycles. The van der Waals surface area contributed by atoms with Crippen molar-refractivity contribution in [2.24, 2.45) is 5.84 Å². The van der Waals surface area contributed by atoms with Crippen LogP contribution in [0.5, 0.6) is 5.75 Å². The van der Waals surface area contributed by atoms with Gasteiger partial charge in [-0.2, -0.15) is 0 Å². The van der Waals surface area contributed by atoms with E-state index in [1.165, 1.54) is 0 Å². The van der Waals surface area contributed by atoms with Crippen LogP contribution in [0.1, 0.15) is 29.6 Å². The van der Waals surface area contributed by atoms with Crippen molar-refractivity contribution in [3.63, 3.8) is 0 Å². The molecule has 5 nitrogen and oxygen atoms in total. The predicted octanol–water partition coefficient (Wildman–Crippen LogP) is 2.23. The molecule has 106 valence electrons. The summed E-state index contributed by atoms with van der Waals surface area (Å²) in [4.78, 5) is 9.04. The summed E-state index contributed by atoms with van der Waals surface area (Å²) in [5.41, 5.74) is 5.79.